The number of guanidine groups is 1. The fraction of sp³-hybridized carbons (Fsp3) is 0.611. The quantitative estimate of drug-likeness (QED) is 0.230. The van der Waals surface area contributed by atoms with Crippen LogP contribution in [0.25, 0.3) is 0 Å². The van der Waals surface area contributed by atoms with Crippen molar-refractivity contribution in [2.24, 2.45) is 4.99 Å². The Morgan fingerprint density at radius 1 is 0.962 bits per heavy atom. The number of nitrogens with one attached hydrogen (secondary N) is 3. The van der Waals surface area contributed by atoms with Gasteiger partial charge in [0.05, 0.1) is 21.3 Å². The molecule has 150 valence electrons. The Labute approximate surface area is 174 Å². The molecular weight excluding hydrogens is 447 g/mol. The first-order valence-electron chi connectivity index (χ1n) is 8.33. The van der Waals surface area contributed by atoms with Crippen molar-refractivity contribution in [2.75, 3.05) is 41.5 Å². The fourth-order valence-corrected chi connectivity index (χ4v) is 2.26. The molecule has 0 atom stereocenters. The highest BCUT2D eigenvalue weighted by molar-refractivity contribution is 14.0. The molecule has 0 bridgehead atoms. The van der Waals surface area contributed by atoms with Gasteiger partial charge in [-0.1, -0.05) is 0 Å². The second kappa shape index (κ2) is 12.1. The van der Waals surface area contributed by atoms with Crippen LogP contribution in [0.5, 0.6) is 17.2 Å². The van der Waals surface area contributed by atoms with Gasteiger partial charge in [0.15, 0.2) is 17.5 Å². The van der Waals surface area contributed by atoms with Crippen LogP contribution in [0.4, 0.5) is 0 Å². The van der Waals surface area contributed by atoms with Crippen molar-refractivity contribution in [2.45, 2.75) is 32.9 Å². The number of methoxy groups -OCH3 is 3. The van der Waals surface area contributed by atoms with Gasteiger partial charge in [0.25, 0.3) is 0 Å². The third kappa shape index (κ3) is 8.31. The summed E-state index contributed by atoms with van der Waals surface area (Å²) in [7, 11) is 6.56. The van der Waals surface area contributed by atoms with Crippen LogP contribution >= 0.6 is 24.0 Å². The molecule has 0 amide bonds. The number of ether oxygens (including phenoxy) is 3. The van der Waals surface area contributed by atoms with Crippen LogP contribution in [0, 0.1) is 0 Å². The maximum atomic E-state index is 5.38. The molecule has 3 N–H and O–H groups in total. The highest BCUT2D eigenvalue weighted by Crippen LogP contribution is 2.38. The van der Waals surface area contributed by atoms with Gasteiger partial charge in [0.1, 0.15) is 0 Å². The second-order valence-corrected chi connectivity index (χ2v) is 6.56. The number of hydrogen-bond acceptors (Lipinski definition) is 5. The minimum Gasteiger partial charge on any atom is -0.493 e. The van der Waals surface area contributed by atoms with Crippen molar-refractivity contribution in [1.29, 1.82) is 0 Å². The number of benzene rings is 1. The van der Waals surface area contributed by atoms with E-state index >= 15 is 0 Å². The van der Waals surface area contributed by atoms with Crippen LogP contribution in [0.1, 0.15) is 26.3 Å². The molecular formula is C18H33IN4O3. The van der Waals surface area contributed by atoms with Crippen molar-refractivity contribution in [3.63, 3.8) is 0 Å². The summed E-state index contributed by atoms with van der Waals surface area (Å²) < 4.78 is 16.1. The lowest BCUT2D eigenvalue weighted by Gasteiger charge is -2.21. The van der Waals surface area contributed by atoms with E-state index in [0.717, 1.165) is 24.6 Å². The van der Waals surface area contributed by atoms with E-state index < -0.39 is 0 Å². The van der Waals surface area contributed by atoms with E-state index in [9.17, 15) is 0 Å². The van der Waals surface area contributed by atoms with Gasteiger partial charge >= 0.3 is 0 Å². The fourth-order valence-electron chi connectivity index (χ4n) is 2.26. The van der Waals surface area contributed by atoms with Crippen molar-refractivity contribution >= 4 is 29.9 Å². The van der Waals surface area contributed by atoms with Crippen LogP contribution in [0.2, 0.25) is 0 Å². The summed E-state index contributed by atoms with van der Waals surface area (Å²) in [6.07, 6.45) is 0. The van der Waals surface area contributed by atoms with Crippen molar-refractivity contribution < 1.29 is 14.2 Å². The molecule has 0 radical (unpaired) electrons. The molecule has 0 aromatic heterocycles. The summed E-state index contributed by atoms with van der Waals surface area (Å²) in [5.74, 6) is 2.60. The summed E-state index contributed by atoms with van der Waals surface area (Å²) in [5.41, 5.74) is 1.11. The summed E-state index contributed by atoms with van der Waals surface area (Å²) in [5, 5.41) is 9.99. The third-order valence-corrected chi connectivity index (χ3v) is 3.48. The van der Waals surface area contributed by atoms with Gasteiger partial charge in [-0.15, -0.1) is 24.0 Å². The first kappa shape index (κ1) is 24.6. The number of aliphatic imine (C=N–C) groups is 1. The molecule has 0 fully saturated rings. The van der Waals surface area contributed by atoms with Crippen LogP contribution in [0.15, 0.2) is 17.1 Å². The standard InChI is InChI=1S/C18H32N4O3.HI/c1-18(2,3)22-9-8-20-17(19-4)21-12-13-10-14(23-5)16(25-7)15(11-13)24-6;/h10-11,22H,8-9,12H2,1-7H3,(H2,19,20,21);1H. The minimum absolute atomic E-state index is 0. The Kier molecular flexibility index (Phi) is 11.4. The average molecular weight is 480 g/mol. The second-order valence-electron chi connectivity index (χ2n) is 6.56. The smallest absolute Gasteiger partial charge is 0.203 e. The molecule has 0 saturated carbocycles. The van der Waals surface area contributed by atoms with E-state index in [-0.39, 0.29) is 29.5 Å². The van der Waals surface area contributed by atoms with Gasteiger partial charge in [0, 0.05) is 32.2 Å². The molecule has 8 heteroatoms. The average Bonchev–Trinajstić information content (AvgIpc) is 2.59. The first-order chi connectivity index (χ1) is 11.8. The largest absolute Gasteiger partial charge is 0.493 e. The molecule has 0 saturated heterocycles. The zero-order chi connectivity index (χ0) is 18.9. The predicted molar refractivity (Wildman–Crippen MR) is 117 cm³/mol. The molecule has 1 aromatic rings. The Morgan fingerprint density at radius 2 is 1.54 bits per heavy atom. The molecule has 0 spiro atoms. The molecule has 1 rings (SSSR count). The zero-order valence-electron chi connectivity index (χ0n) is 16.9. The first-order valence-corrected chi connectivity index (χ1v) is 8.33. The van der Waals surface area contributed by atoms with E-state index in [0.29, 0.717) is 23.8 Å². The normalized spacial score (nSPS) is 11.4. The lowest BCUT2D eigenvalue weighted by Crippen LogP contribution is -2.44. The van der Waals surface area contributed by atoms with Gasteiger partial charge in [-0.2, -0.15) is 0 Å². The highest BCUT2D eigenvalue weighted by atomic mass is 127. The van der Waals surface area contributed by atoms with E-state index in [1.165, 1.54) is 0 Å². The summed E-state index contributed by atoms with van der Waals surface area (Å²) in [4.78, 5) is 4.24. The molecule has 26 heavy (non-hydrogen) atoms. The monoisotopic (exact) mass is 480 g/mol. The third-order valence-electron chi connectivity index (χ3n) is 3.48. The molecule has 0 unspecified atom stereocenters. The van der Waals surface area contributed by atoms with E-state index in [2.05, 4.69) is 41.7 Å². The van der Waals surface area contributed by atoms with E-state index in [4.69, 9.17) is 14.2 Å². The highest BCUT2D eigenvalue weighted by Gasteiger charge is 2.13. The van der Waals surface area contributed by atoms with Crippen LogP contribution < -0.4 is 30.2 Å². The summed E-state index contributed by atoms with van der Waals surface area (Å²) in [6, 6.07) is 3.84. The Morgan fingerprint density at radius 3 is 1.96 bits per heavy atom. The van der Waals surface area contributed by atoms with E-state index in [1.807, 2.05) is 12.1 Å². The van der Waals surface area contributed by atoms with Gasteiger partial charge < -0.3 is 30.2 Å². The SMILES string of the molecule is CN=C(NCCNC(C)(C)C)NCc1cc(OC)c(OC)c(OC)c1.I. The van der Waals surface area contributed by atoms with Crippen molar-refractivity contribution in [3.05, 3.63) is 17.7 Å². The zero-order valence-corrected chi connectivity index (χ0v) is 19.2. The summed E-state index contributed by atoms with van der Waals surface area (Å²) in [6.45, 7) is 8.66. The van der Waals surface area contributed by atoms with Gasteiger partial charge in [0.2, 0.25) is 5.75 Å². The predicted octanol–water partition coefficient (Wildman–Crippen LogP) is 2.38. The van der Waals surface area contributed by atoms with Crippen LogP contribution in [-0.2, 0) is 6.54 Å². The lowest BCUT2D eigenvalue weighted by atomic mass is 10.1. The molecule has 0 heterocycles. The number of halogens is 1. The molecule has 0 aliphatic heterocycles. The molecule has 7 nitrogen and oxygen atoms in total. The molecule has 0 aliphatic carbocycles. The molecule has 0 aliphatic rings. The van der Waals surface area contributed by atoms with E-state index in [1.54, 1.807) is 28.4 Å². The Bertz CT molecular complexity index is 549. The van der Waals surface area contributed by atoms with Crippen LogP contribution in [0.3, 0.4) is 0 Å². The van der Waals surface area contributed by atoms with Crippen molar-refractivity contribution in [1.82, 2.24) is 16.0 Å². The Hall–Kier alpha value is -1.42. The van der Waals surface area contributed by atoms with Gasteiger partial charge in [-0.3, -0.25) is 4.99 Å². The van der Waals surface area contributed by atoms with Crippen LogP contribution in [-0.4, -0.2) is 53.0 Å². The minimum atomic E-state index is 0. The topological polar surface area (TPSA) is 76.1 Å². The maximum Gasteiger partial charge on any atom is 0.203 e. The molecule has 1 aromatic carbocycles. The van der Waals surface area contributed by atoms with Gasteiger partial charge in [-0.25, -0.2) is 0 Å². The lowest BCUT2D eigenvalue weighted by molar-refractivity contribution is 0.323. The maximum absolute atomic E-state index is 5.38. The Balaban J connectivity index is 0.00000625. The van der Waals surface area contributed by atoms with Gasteiger partial charge in [-0.05, 0) is 38.5 Å². The number of nitrogens with zero attached hydrogens (tertiary/aromatic N) is 1. The van der Waals surface area contributed by atoms with Crippen molar-refractivity contribution in [3.8, 4) is 17.2 Å². The number of rotatable bonds is 8. The summed E-state index contributed by atoms with van der Waals surface area (Å²) >= 11 is 0. The number of hydrogen-bond donors (Lipinski definition) is 3.